The Morgan fingerprint density at radius 2 is 2.00 bits per heavy atom. The Bertz CT molecular complexity index is 207. The lowest BCUT2D eigenvalue weighted by Crippen LogP contribution is -2.53. The molecular weight excluding hydrogens is 224 g/mol. The van der Waals surface area contributed by atoms with E-state index in [-0.39, 0.29) is 0 Å². The molecule has 1 fully saturated rings. The molecular formula is C15H32N2O. The average Bonchev–Trinajstić information content (AvgIpc) is 2.35. The summed E-state index contributed by atoms with van der Waals surface area (Å²) in [6, 6.07) is 1.38. The molecule has 0 aromatic heterocycles. The smallest absolute Gasteiger partial charge is 0.0589 e. The highest BCUT2D eigenvalue weighted by molar-refractivity contribution is 4.88. The lowest BCUT2D eigenvalue weighted by Gasteiger charge is -2.41. The largest absolute Gasteiger partial charge is 0.383 e. The molecule has 0 saturated heterocycles. The molecule has 0 amide bonds. The van der Waals surface area contributed by atoms with E-state index in [4.69, 9.17) is 4.74 Å². The predicted molar refractivity (Wildman–Crippen MR) is 78.0 cm³/mol. The lowest BCUT2D eigenvalue weighted by molar-refractivity contribution is 0.0748. The van der Waals surface area contributed by atoms with Crippen molar-refractivity contribution in [2.24, 2.45) is 5.92 Å². The number of likely N-dealkylation sites (N-methyl/N-ethyl adjacent to an activating group) is 1. The second-order valence-corrected chi connectivity index (χ2v) is 5.90. The summed E-state index contributed by atoms with van der Waals surface area (Å²) in [4.78, 5) is 2.65. The van der Waals surface area contributed by atoms with Gasteiger partial charge in [0.25, 0.3) is 0 Å². The molecule has 1 rings (SSSR count). The van der Waals surface area contributed by atoms with Crippen LogP contribution in [-0.4, -0.2) is 50.3 Å². The van der Waals surface area contributed by atoms with E-state index < -0.39 is 0 Å². The van der Waals surface area contributed by atoms with Crippen molar-refractivity contribution in [1.82, 2.24) is 10.2 Å². The minimum absolute atomic E-state index is 0.680. The third kappa shape index (κ3) is 5.25. The van der Waals surface area contributed by atoms with Gasteiger partial charge in [0.2, 0.25) is 0 Å². The van der Waals surface area contributed by atoms with Gasteiger partial charge in [0, 0.05) is 32.3 Å². The van der Waals surface area contributed by atoms with E-state index in [1.807, 2.05) is 0 Å². The first-order valence-electron chi connectivity index (χ1n) is 7.65. The molecule has 2 atom stereocenters. The van der Waals surface area contributed by atoms with Crippen LogP contribution in [0.25, 0.3) is 0 Å². The average molecular weight is 256 g/mol. The predicted octanol–water partition coefficient (Wildman–Crippen LogP) is 2.51. The second-order valence-electron chi connectivity index (χ2n) is 5.90. The van der Waals surface area contributed by atoms with Crippen molar-refractivity contribution in [3.05, 3.63) is 0 Å². The van der Waals surface area contributed by atoms with Gasteiger partial charge in [-0.05, 0) is 25.3 Å². The number of hydrogen-bond donors (Lipinski definition) is 1. The molecule has 1 aliphatic carbocycles. The van der Waals surface area contributed by atoms with E-state index in [0.717, 1.165) is 25.6 Å². The first kappa shape index (κ1) is 15.9. The van der Waals surface area contributed by atoms with Crippen molar-refractivity contribution in [3.8, 4) is 0 Å². The van der Waals surface area contributed by atoms with Crippen molar-refractivity contribution in [1.29, 1.82) is 0 Å². The summed E-state index contributed by atoms with van der Waals surface area (Å²) >= 11 is 0. The zero-order chi connectivity index (χ0) is 13.4. The topological polar surface area (TPSA) is 24.5 Å². The summed E-state index contributed by atoms with van der Waals surface area (Å²) in [6.07, 6.45) is 5.44. The van der Waals surface area contributed by atoms with Crippen LogP contribution in [0.4, 0.5) is 0 Å². The number of methoxy groups -OCH3 is 1. The number of nitrogens with zero attached hydrogens (tertiary/aromatic N) is 1. The molecule has 3 heteroatoms. The van der Waals surface area contributed by atoms with Gasteiger partial charge in [0.05, 0.1) is 6.61 Å². The van der Waals surface area contributed by atoms with Gasteiger partial charge in [-0.2, -0.15) is 0 Å². The maximum atomic E-state index is 5.28. The lowest BCUT2D eigenvalue weighted by atomic mass is 9.88. The monoisotopic (exact) mass is 256 g/mol. The number of rotatable bonds is 8. The molecule has 3 nitrogen and oxygen atoms in total. The summed E-state index contributed by atoms with van der Waals surface area (Å²) in [6.45, 7) is 11.0. The van der Waals surface area contributed by atoms with Crippen LogP contribution in [0.1, 0.15) is 46.5 Å². The molecule has 18 heavy (non-hydrogen) atoms. The zero-order valence-electron chi connectivity index (χ0n) is 12.7. The van der Waals surface area contributed by atoms with Gasteiger partial charge < -0.3 is 10.1 Å². The quantitative estimate of drug-likeness (QED) is 0.722. The van der Waals surface area contributed by atoms with Crippen molar-refractivity contribution in [2.75, 3.05) is 33.4 Å². The fourth-order valence-electron chi connectivity index (χ4n) is 3.12. The maximum absolute atomic E-state index is 5.28. The fourth-order valence-corrected chi connectivity index (χ4v) is 3.12. The van der Waals surface area contributed by atoms with Crippen LogP contribution >= 0.6 is 0 Å². The summed E-state index contributed by atoms with van der Waals surface area (Å²) < 4.78 is 5.28. The van der Waals surface area contributed by atoms with Crippen molar-refractivity contribution >= 4 is 0 Å². The SMILES string of the molecule is CCNC1CCCCC1N(CCOC)CC(C)C. The normalized spacial score (nSPS) is 25.0. The van der Waals surface area contributed by atoms with Gasteiger partial charge >= 0.3 is 0 Å². The molecule has 0 aliphatic heterocycles. The number of hydrogen-bond acceptors (Lipinski definition) is 3. The first-order chi connectivity index (χ1) is 8.69. The summed E-state index contributed by atoms with van der Waals surface area (Å²) in [5.74, 6) is 0.728. The molecule has 0 radical (unpaired) electrons. The van der Waals surface area contributed by atoms with Crippen LogP contribution in [0.3, 0.4) is 0 Å². The Kier molecular flexibility index (Phi) is 7.87. The summed E-state index contributed by atoms with van der Waals surface area (Å²) in [7, 11) is 1.80. The van der Waals surface area contributed by atoms with E-state index in [9.17, 15) is 0 Å². The Morgan fingerprint density at radius 1 is 1.28 bits per heavy atom. The highest BCUT2D eigenvalue weighted by Crippen LogP contribution is 2.24. The van der Waals surface area contributed by atoms with E-state index >= 15 is 0 Å². The molecule has 108 valence electrons. The van der Waals surface area contributed by atoms with Gasteiger partial charge in [-0.3, -0.25) is 4.90 Å². The van der Waals surface area contributed by atoms with Crippen molar-refractivity contribution in [3.63, 3.8) is 0 Å². The second kappa shape index (κ2) is 8.89. The van der Waals surface area contributed by atoms with Crippen molar-refractivity contribution in [2.45, 2.75) is 58.5 Å². The van der Waals surface area contributed by atoms with E-state index in [2.05, 4.69) is 31.0 Å². The molecule has 0 spiro atoms. The van der Waals surface area contributed by atoms with Gasteiger partial charge in [0.1, 0.15) is 0 Å². The Balaban J connectivity index is 2.60. The van der Waals surface area contributed by atoms with Crippen LogP contribution in [0.5, 0.6) is 0 Å². The third-order valence-corrected chi connectivity index (χ3v) is 3.85. The standard InChI is InChI=1S/C15H32N2O/c1-5-16-14-8-6-7-9-15(14)17(10-11-18-4)12-13(2)3/h13-16H,5-12H2,1-4H3. The molecule has 0 aromatic carbocycles. The van der Waals surface area contributed by atoms with E-state index in [1.54, 1.807) is 7.11 Å². The van der Waals surface area contributed by atoms with Crippen LogP contribution in [0.2, 0.25) is 0 Å². The first-order valence-corrected chi connectivity index (χ1v) is 7.65. The Morgan fingerprint density at radius 3 is 2.61 bits per heavy atom. The van der Waals surface area contributed by atoms with Crippen LogP contribution < -0.4 is 5.32 Å². The van der Waals surface area contributed by atoms with Crippen LogP contribution in [0, 0.1) is 5.92 Å². The van der Waals surface area contributed by atoms with Gasteiger partial charge in [-0.25, -0.2) is 0 Å². The summed E-state index contributed by atoms with van der Waals surface area (Å²) in [5, 5.41) is 3.68. The molecule has 0 heterocycles. The highest BCUT2D eigenvalue weighted by atomic mass is 16.5. The van der Waals surface area contributed by atoms with Crippen LogP contribution in [0.15, 0.2) is 0 Å². The zero-order valence-corrected chi connectivity index (χ0v) is 12.7. The molecule has 2 unspecified atom stereocenters. The van der Waals surface area contributed by atoms with E-state index in [0.29, 0.717) is 12.1 Å². The minimum atomic E-state index is 0.680. The third-order valence-electron chi connectivity index (χ3n) is 3.85. The molecule has 0 aromatic rings. The molecule has 1 N–H and O–H groups in total. The van der Waals surface area contributed by atoms with Gasteiger partial charge in [0.15, 0.2) is 0 Å². The molecule has 1 saturated carbocycles. The number of nitrogens with one attached hydrogen (secondary N) is 1. The highest BCUT2D eigenvalue weighted by Gasteiger charge is 2.29. The maximum Gasteiger partial charge on any atom is 0.0589 e. The van der Waals surface area contributed by atoms with Crippen molar-refractivity contribution < 1.29 is 4.74 Å². The molecule has 0 bridgehead atoms. The molecule has 1 aliphatic rings. The van der Waals surface area contributed by atoms with Crippen LogP contribution in [-0.2, 0) is 4.74 Å². The summed E-state index contributed by atoms with van der Waals surface area (Å²) in [5.41, 5.74) is 0. The van der Waals surface area contributed by atoms with Gasteiger partial charge in [-0.1, -0.05) is 33.6 Å². The fraction of sp³-hybridized carbons (Fsp3) is 1.00. The van der Waals surface area contributed by atoms with E-state index in [1.165, 1.54) is 32.2 Å². The Labute approximate surface area is 113 Å². The van der Waals surface area contributed by atoms with Gasteiger partial charge in [-0.15, -0.1) is 0 Å². The minimum Gasteiger partial charge on any atom is -0.383 e. The number of ether oxygens (including phenoxy) is 1. The Hall–Kier alpha value is -0.120.